The first kappa shape index (κ1) is 14.5. The molecule has 86 valence electrons. The summed E-state index contributed by atoms with van der Waals surface area (Å²) in [4.78, 5) is 0. The Balaban J connectivity index is 3.34. The lowest BCUT2D eigenvalue weighted by molar-refractivity contribution is -0.110. The Labute approximate surface area is 96.5 Å². The third-order valence-electron chi connectivity index (χ3n) is 1.45. The SMILES string of the molecule is C#CCOC(C)OCC#CCOCCC#N. The van der Waals surface area contributed by atoms with E-state index >= 15 is 0 Å². The molecule has 0 spiro atoms. The lowest BCUT2D eigenvalue weighted by Gasteiger charge is -2.09. The van der Waals surface area contributed by atoms with Crippen LogP contribution in [0, 0.1) is 35.5 Å². The molecule has 0 heterocycles. The van der Waals surface area contributed by atoms with Gasteiger partial charge in [-0.1, -0.05) is 17.8 Å². The minimum absolute atomic E-state index is 0.228. The third kappa shape index (κ3) is 10.6. The molecule has 0 saturated carbocycles. The van der Waals surface area contributed by atoms with Crippen LogP contribution in [0.15, 0.2) is 0 Å². The summed E-state index contributed by atoms with van der Waals surface area (Å²) >= 11 is 0. The summed E-state index contributed by atoms with van der Waals surface area (Å²) in [6.45, 7) is 2.97. The molecule has 0 aromatic carbocycles. The summed E-state index contributed by atoms with van der Waals surface area (Å²) in [5.41, 5.74) is 0. The summed E-state index contributed by atoms with van der Waals surface area (Å²) in [5, 5.41) is 8.23. The average Bonchev–Trinajstić information content (AvgIpc) is 2.30. The van der Waals surface area contributed by atoms with Crippen molar-refractivity contribution in [2.45, 2.75) is 19.6 Å². The summed E-state index contributed by atoms with van der Waals surface area (Å²) in [7, 11) is 0. The van der Waals surface area contributed by atoms with Crippen molar-refractivity contribution in [1.82, 2.24) is 0 Å². The summed E-state index contributed by atoms with van der Waals surface area (Å²) in [6, 6.07) is 1.97. The van der Waals surface area contributed by atoms with Crippen molar-refractivity contribution in [2.75, 3.05) is 26.4 Å². The molecule has 0 amide bonds. The number of nitrogens with zero attached hydrogens (tertiary/aromatic N) is 1. The van der Waals surface area contributed by atoms with Crippen LogP contribution >= 0.6 is 0 Å². The molecule has 0 aromatic heterocycles. The molecule has 4 nitrogen and oxygen atoms in total. The van der Waals surface area contributed by atoms with Crippen molar-refractivity contribution in [3.63, 3.8) is 0 Å². The number of hydrogen-bond acceptors (Lipinski definition) is 4. The molecule has 16 heavy (non-hydrogen) atoms. The van der Waals surface area contributed by atoms with E-state index in [0.29, 0.717) is 19.6 Å². The third-order valence-corrected chi connectivity index (χ3v) is 1.45. The van der Waals surface area contributed by atoms with Crippen LogP contribution in [0.2, 0.25) is 0 Å². The Morgan fingerprint density at radius 1 is 1.19 bits per heavy atom. The highest BCUT2D eigenvalue weighted by Crippen LogP contribution is 1.91. The summed E-state index contributed by atoms with van der Waals surface area (Å²) < 4.78 is 15.3. The first-order valence-electron chi connectivity index (χ1n) is 4.88. The largest absolute Gasteiger partial charge is 0.368 e. The van der Waals surface area contributed by atoms with E-state index in [9.17, 15) is 0 Å². The van der Waals surface area contributed by atoms with Gasteiger partial charge in [-0.25, -0.2) is 0 Å². The van der Waals surface area contributed by atoms with E-state index in [-0.39, 0.29) is 19.5 Å². The monoisotopic (exact) mass is 221 g/mol. The van der Waals surface area contributed by atoms with Crippen molar-refractivity contribution in [1.29, 1.82) is 5.26 Å². The molecule has 0 saturated heterocycles. The maximum atomic E-state index is 8.23. The van der Waals surface area contributed by atoms with Crippen molar-refractivity contribution in [3.05, 3.63) is 0 Å². The normalized spacial score (nSPS) is 10.7. The zero-order valence-corrected chi connectivity index (χ0v) is 9.36. The van der Waals surface area contributed by atoms with E-state index in [2.05, 4.69) is 17.8 Å². The van der Waals surface area contributed by atoms with Crippen LogP contribution in [0.3, 0.4) is 0 Å². The van der Waals surface area contributed by atoms with Crippen molar-refractivity contribution in [2.24, 2.45) is 0 Å². The molecule has 0 N–H and O–H groups in total. The van der Waals surface area contributed by atoms with E-state index in [4.69, 9.17) is 25.9 Å². The lowest BCUT2D eigenvalue weighted by Crippen LogP contribution is -2.13. The van der Waals surface area contributed by atoms with Crippen LogP contribution in [-0.4, -0.2) is 32.7 Å². The lowest BCUT2D eigenvalue weighted by atomic mass is 10.5. The Bertz CT molecular complexity index is 303. The van der Waals surface area contributed by atoms with Gasteiger partial charge in [0.05, 0.1) is 19.1 Å². The number of rotatable bonds is 7. The molecule has 1 unspecified atom stereocenters. The molecule has 1 atom stereocenters. The van der Waals surface area contributed by atoms with E-state index < -0.39 is 0 Å². The predicted molar refractivity (Wildman–Crippen MR) is 59.0 cm³/mol. The minimum atomic E-state index is -0.357. The fourth-order valence-electron chi connectivity index (χ4n) is 0.716. The Morgan fingerprint density at radius 3 is 2.56 bits per heavy atom. The van der Waals surface area contributed by atoms with Gasteiger partial charge in [0.15, 0.2) is 6.29 Å². The van der Waals surface area contributed by atoms with Crippen molar-refractivity contribution in [3.8, 4) is 30.3 Å². The quantitative estimate of drug-likeness (QED) is 0.364. The zero-order valence-electron chi connectivity index (χ0n) is 9.36. The second-order valence-electron chi connectivity index (χ2n) is 2.71. The zero-order chi connectivity index (χ0) is 12.1. The van der Waals surface area contributed by atoms with Gasteiger partial charge in [0, 0.05) is 0 Å². The molecular formula is C12H15NO3. The number of nitriles is 1. The van der Waals surface area contributed by atoms with Gasteiger partial charge >= 0.3 is 0 Å². The van der Waals surface area contributed by atoms with Gasteiger partial charge in [-0.15, -0.1) is 6.42 Å². The number of terminal acetylenes is 1. The van der Waals surface area contributed by atoms with Gasteiger partial charge in [-0.05, 0) is 6.92 Å². The highest BCUT2D eigenvalue weighted by Gasteiger charge is 1.97. The first-order valence-corrected chi connectivity index (χ1v) is 4.88. The Kier molecular flexibility index (Phi) is 10.5. The van der Waals surface area contributed by atoms with E-state index in [1.54, 1.807) is 6.92 Å². The van der Waals surface area contributed by atoms with E-state index in [1.165, 1.54) is 0 Å². The predicted octanol–water partition coefficient (Wildman–Crippen LogP) is 0.932. The molecule has 0 aromatic rings. The molecule has 0 aliphatic carbocycles. The molecule has 0 aliphatic rings. The highest BCUT2D eigenvalue weighted by molar-refractivity contribution is 4.99. The smallest absolute Gasteiger partial charge is 0.157 e. The fourth-order valence-corrected chi connectivity index (χ4v) is 0.716. The van der Waals surface area contributed by atoms with Gasteiger partial charge in [0.1, 0.15) is 19.8 Å². The van der Waals surface area contributed by atoms with Crippen molar-refractivity contribution >= 4 is 0 Å². The van der Waals surface area contributed by atoms with Crippen LogP contribution in [0.4, 0.5) is 0 Å². The van der Waals surface area contributed by atoms with Crippen LogP contribution in [0.5, 0.6) is 0 Å². The molecular weight excluding hydrogens is 206 g/mol. The average molecular weight is 221 g/mol. The summed E-state index contributed by atoms with van der Waals surface area (Å²) in [6.07, 6.45) is 5.04. The minimum Gasteiger partial charge on any atom is -0.368 e. The fraction of sp³-hybridized carbons (Fsp3) is 0.583. The topological polar surface area (TPSA) is 51.5 Å². The standard InChI is InChI=1S/C12H15NO3/c1-3-8-15-12(2)16-11-5-4-9-14-10-6-7-13/h1,12H,6,8-11H2,2H3. The van der Waals surface area contributed by atoms with E-state index in [0.717, 1.165) is 0 Å². The highest BCUT2D eigenvalue weighted by atomic mass is 16.7. The maximum Gasteiger partial charge on any atom is 0.157 e. The Hall–Kier alpha value is -1.51. The summed E-state index contributed by atoms with van der Waals surface area (Å²) in [5.74, 6) is 7.86. The molecule has 0 radical (unpaired) electrons. The van der Waals surface area contributed by atoms with Gasteiger partial charge in [0.25, 0.3) is 0 Å². The van der Waals surface area contributed by atoms with Crippen LogP contribution in [0.1, 0.15) is 13.3 Å². The van der Waals surface area contributed by atoms with Gasteiger partial charge in [0.2, 0.25) is 0 Å². The van der Waals surface area contributed by atoms with Gasteiger partial charge < -0.3 is 14.2 Å². The van der Waals surface area contributed by atoms with E-state index in [1.807, 2.05) is 6.07 Å². The maximum absolute atomic E-state index is 8.23. The molecule has 4 heteroatoms. The molecule has 0 bridgehead atoms. The second kappa shape index (κ2) is 11.6. The number of ether oxygens (including phenoxy) is 3. The van der Waals surface area contributed by atoms with Gasteiger partial charge in [-0.2, -0.15) is 5.26 Å². The van der Waals surface area contributed by atoms with Crippen LogP contribution < -0.4 is 0 Å². The molecule has 0 aliphatic heterocycles. The number of hydrogen-bond donors (Lipinski definition) is 0. The van der Waals surface area contributed by atoms with Crippen LogP contribution in [-0.2, 0) is 14.2 Å². The van der Waals surface area contributed by atoms with Crippen LogP contribution in [0.25, 0.3) is 0 Å². The molecule has 0 fully saturated rings. The van der Waals surface area contributed by atoms with Crippen molar-refractivity contribution < 1.29 is 14.2 Å². The Morgan fingerprint density at radius 2 is 1.88 bits per heavy atom. The molecule has 0 rings (SSSR count). The second-order valence-corrected chi connectivity index (χ2v) is 2.71. The van der Waals surface area contributed by atoms with Gasteiger partial charge in [-0.3, -0.25) is 0 Å². The first-order chi connectivity index (χ1) is 7.81.